The van der Waals surface area contributed by atoms with Gasteiger partial charge in [-0.3, -0.25) is 14.5 Å². The number of carboxylic acid groups (broad SMARTS) is 2. The van der Waals surface area contributed by atoms with E-state index in [9.17, 15) is 29.4 Å². The largest absolute Gasteiger partial charge is 0.549 e. The lowest BCUT2D eigenvalue weighted by atomic mass is 10.0. The second kappa shape index (κ2) is 14.2. The van der Waals surface area contributed by atoms with Crippen LogP contribution in [-0.2, 0) is 25.7 Å². The van der Waals surface area contributed by atoms with Crippen molar-refractivity contribution in [2.45, 2.75) is 27.8 Å². The number of thioether (sulfide) groups is 4. The first-order valence-corrected chi connectivity index (χ1v) is 16.7. The van der Waals surface area contributed by atoms with Gasteiger partial charge in [0.05, 0.1) is 22.5 Å². The lowest BCUT2D eigenvalue weighted by Crippen LogP contribution is -2.70. The Bertz CT molecular complexity index is 1340. The van der Waals surface area contributed by atoms with Crippen LogP contribution in [0.5, 0.6) is 0 Å². The molecule has 9 nitrogen and oxygen atoms in total. The number of aliphatic carboxylic acids is 2. The molecule has 1 fully saturated rings. The Hall–Kier alpha value is -2.03. The molecule has 4 rings (SSSR count). The Morgan fingerprint density at radius 3 is 2.60 bits per heavy atom. The molecule has 0 spiro atoms. The van der Waals surface area contributed by atoms with E-state index in [1.54, 1.807) is 18.2 Å². The van der Waals surface area contributed by atoms with E-state index in [1.807, 2.05) is 29.1 Å². The van der Waals surface area contributed by atoms with Gasteiger partial charge in [0.15, 0.2) is 18.9 Å². The average molecular weight is 661 g/mol. The van der Waals surface area contributed by atoms with Crippen LogP contribution in [0.3, 0.4) is 0 Å². The molecule has 2 aliphatic heterocycles. The molecule has 0 unspecified atom stereocenters. The van der Waals surface area contributed by atoms with Crippen molar-refractivity contribution in [1.29, 1.82) is 0 Å². The number of aryl methyl sites for hydroxylation is 1. The highest BCUT2D eigenvalue weighted by molar-refractivity contribution is 8.01. The number of hydrogen-bond acceptors (Lipinski definition) is 9. The van der Waals surface area contributed by atoms with Crippen LogP contribution in [0.2, 0.25) is 10.0 Å². The minimum absolute atomic E-state index is 0.0252. The van der Waals surface area contributed by atoms with Crippen molar-refractivity contribution in [3.63, 3.8) is 0 Å². The van der Waals surface area contributed by atoms with Crippen LogP contribution in [-0.4, -0.2) is 73.9 Å². The number of nitrogens with zero attached hydrogens (tertiary/aromatic N) is 2. The minimum atomic E-state index is -1.18. The Kier molecular flexibility index (Phi) is 11.0. The first-order valence-electron chi connectivity index (χ1n) is 11.8. The van der Waals surface area contributed by atoms with Crippen molar-refractivity contribution >= 4 is 94.0 Å². The summed E-state index contributed by atoms with van der Waals surface area (Å²) in [6.45, 7) is 0.650. The van der Waals surface area contributed by atoms with Crippen LogP contribution in [0.4, 0.5) is 0 Å². The Labute approximate surface area is 257 Å². The number of nitrogens with one attached hydrogen (secondary N) is 1. The zero-order chi connectivity index (χ0) is 28.8. The number of pyridine rings is 1. The van der Waals surface area contributed by atoms with Gasteiger partial charge in [-0.15, -0.1) is 47.0 Å². The lowest BCUT2D eigenvalue weighted by Gasteiger charge is -2.49. The second-order valence-electron chi connectivity index (χ2n) is 8.56. The maximum atomic E-state index is 12.9. The standard InChI is InChI=1S/C25H23Cl2N3O6S4/c26-15-1-2-17(27)18(9-15)39-12-19(31)28-21-23(34)30-22(25(35)36)14(11-40-24(21)30)10-38-16-3-5-29(6-4-16)7-8-37-13-20(32)33/h1-6,9,21,24H,7-8,10-13H2,(H2-,28,31,32,33,35,36)/t21-,24-/m1/s1. The summed E-state index contributed by atoms with van der Waals surface area (Å²) in [4.78, 5) is 51.0. The summed E-state index contributed by atoms with van der Waals surface area (Å²) in [5.41, 5.74) is 0.612. The van der Waals surface area contributed by atoms with E-state index >= 15 is 0 Å². The van der Waals surface area contributed by atoms with Crippen molar-refractivity contribution in [2.24, 2.45) is 0 Å². The molecule has 212 valence electrons. The molecule has 2 atom stereocenters. The Morgan fingerprint density at radius 1 is 1.15 bits per heavy atom. The predicted molar refractivity (Wildman–Crippen MR) is 157 cm³/mol. The molecule has 0 aliphatic carbocycles. The molecule has 2 aromatic rings. The SMILES string of the molecule is O=C([O-])CSCC[n+]1ccc(SCC2=C(C(=O)O)N3C(=O)[C@@H](NC(=O)CSc4cc(Cl)ccc4Cl)[C@H]3SC2)cc1. The molecular formula is C25H23Cl2N3O6S4. The predicted octanol–water partition coefficient (Wildman–Crippen LogP) is 2.39. The normalized spacial score (nSPS) is 18.2. The van der Waals surface area contributed by atoms with E-state index in [1.165, 1.54) is 51.9 Å². The highest BCUT2D eigenvalue weighted by Gasteiger charge is 2.54. The number of carboxylic acids is 2. The molecule has 0 saturated carbocycles. The summed E-state index contributed by atoms with van der Waals surface area (Å²) in [5, 5.41) is 23.6. The highest BCUT2D eigenvalue weighted by Crippen LogP contribution is 2.41. The number of aromatic nitrogens is 1. The number of hydrogen-bond donors (Lipinski definition) is 2. The second-order valence-corrected chi connectivity index (χ2v) is 13.7. The van der Waals surface area contributed by atoms with E-state index in [2.05, 4.69) is 5.32 Å². The van der Waals surface area contributed by atoms with Gasteiger partial charge >= 0.3 is 5.97 Å². The third-order valence-electron chi connectivity index (χ3n) is 5.81. The fourth-order valence-corrected chi connectivity index (χ4v) is 8.25. The quantitative estimate of drug-likeness (QED) is 0.143. The molecule has 40 heavy (non-hydrogen) atoms. The van der Waals surface area contributed by atoms with Crippen LogP contribution < -0.4 is 15.0 Å². The monoisotopic (exact) mass is 659 g/mol. The summed E-state index contributed by atoms with van der Waals surface area (Å²) < 4.78 is 1.94. The van der Waals surface area contributed by atoms with Gasteiger partial charge in [0.25, 0.3) is 5.91 Å². The van der Waals surface area contributed by atoms with Gasteiger partial charge in [-0.1, -0.05) is 23.2 Å². The number of carbonyl (C=O) groups is 4. The van der Waals surface area contributed by atoms with Crippen molar-refractivity contribution in [1.82, 2.24) is 10.2 Å². The number of carbonyl (C=O) groups excluding carboxylic acids is 3. The summed E-state index contributed by atoms with van der Waals surface area (Å²) in [6.07, 6.45) is 3.76. The van der Waals surface area contributed by atoms with E-state index in [0.717, 1.165) is 4.90 Å². The van der Waals surface area contributed by atoms with Gasteiger partial charge in [0.2, 0.25) is 5.91 Å². The maximum Gasteiger partial charge on any atom is 0.352 e. The van der Waals surface area contributed by atoms with Crippen LogP contribution in [0, 0.1) is 0 Å². The van der Waals surface area contributed by atoms with E-state index in [4.69, 9.17) is 23.2 Å². The molecule has 2 aliphatic rings. The smallest absolute Gasteiger partial charge is 0.352 e. The van der Waals surface area contributed by atoms with Crippen molar-refractivity contribution in [3.8, 4) is 0 Å². The number of β-lactam (4-membered cyclic amide) rings is 1. The summed E-state index contributed by atoms with van der Waals surface area (Å²) >= 11 is 17.5. The average Bonchev–Trinajstić information content (AvgIpc) is 2.93. The molecular weight excluding hydrogens is 637 g/mol. The summed E-state index contributed by atoms with van der Waals surface area (Å²) in [5.74, 6) is -1.63. The lowest BCUT2D eigenvalue weighted by molar-refractivity contribution is -0.692. The summed E-state index contributed by atoms with van der Waals surface area (Å²) in [6, 6.07) is 7.97. The van der Waals surface area contributed by atoms with Gasteiger partial charge in [0.1, 0.15) is 17.1 Å². The highest BCUT2D eigenvalue weighted by atomic mass is 35.5. The number of amides is 2. The van der Waals surface area contributed by atoms with Gasteiger partial charge in [0, 0.05) is 44.2 Å². The third-order valence-corrected chi connectivity index (χ3v) is 10.9. The van der Waals surface area contributed by atoms with Crippen LogP contribution in [0.25, 0.3) is 0 Å². The van der Waals surface area contributed by atoms with Gasteiger partial charge in [-0.2, -0.15) is 0 Å². The van der Waals surface area contributed by atoms with Gasteiger partial charge in [-0.05, 0) is 23.8 Å². The van der Waals surface area contributed by atoms with Gasteiger partial charge < -0.3 is 20.3 Å². The molecule has 15 heteroatoms. The Balaban J connectivity index is 1.31. The molecule has 1 aromatic carbocycles. The molecule has 1 aromatic heterocycles. The topological polar surface area (TPSA) is 131 Å². The first-order chi connectivity index (χ1) is 19.1. The molecule has 1 saturated heterocycles. The van der Waals surface area contributed by atoms with Gasteiger partial charge in [-0.25, -0.2) is 9.36 Å². The zero-order valence-corrected chi connectivity index (χ0v) is 25.5. The molecule has 0 bridgehead atoms. The molecule has 2 amide bonds. The fraction of sp³-hybridized carbons (Fsp3) is 0.320. The first kappa shape index (κ1) is 30.9. The van der Waals surface area contributed by atoms with Crippen molar-refractivity contribution < 1.29 is 34.0 Å². The van der Waals surface area contributed by atoms with Crippen LogP contribution >= 0.6 is 70.2 Å². The number of rotatable bonds is 13. The minimum Gasteiger partial charge on any atom is -0.549 e. The summed E-state index contributed by atoms with van der Waals surface area (Å²) in [7, 11) is 0. The molecule has 0 radical (unpaired) electrons. The van der Waals surface area contributed by atoms with E-state index in [-0.39, 0.29) is 23.1 Å². The molecule has 2 N–H and O–H groups in total. The fourth-order valence-electron chi connectivity index (χ4n) is 3.93. The zero-order valence-electron chi connectivity index (χ0n) is 20.7. The van der Waals surface area contributed by atoms with E-state index < -0.39 is 29.3 Å². The number of halogens is 2. The third kappa shape index (κ3) is 7.83. The van der Waals surface area contributed by atoms with Crippen LogP contribution in [0.15, 0.2) is 63.8 Å². The van der Waals surface area contributed by atoms with Crippen molar-refractivity contribution in [3.05, 3.63) is 64.0 Å². The van der Waals surface area contributed by atoms with Crippen LogP contribution in [0.1, 0.15) is 0 Å². The number of fused-ring (bicyclic) bond motifs is 1. The van der Waals surface area contributed by atoms with E-state index in [0.29, 0.717) is 44.3 Å². The van der Waals surface area contributed by atoms with Crippen molar-refractivity contribution in [2.75, 3.05) is 28.8 Å². The Morgan fingerprint density at radius 2 is 1.90 bits per heavy atom. The maximum absolute atomic E-state index is 12.9. The molecule has 3 heterocycles. The number of benzene rings is 1.